The molecule has 100 valence electrons. The fourth-order valence-corrected chi connectivity index (χ4v) is 1.99. The molecule has 3 rings (SSSR count). The molecule has 0 atom stereocenters. The third kappa shape index (κ3) is 2.33. The van der Waals surface area contributed by atoms with Crippen LogP contribution in [0.15, 0.2) is 36.7 Å². The Bertz CT molecular complexity index is 802. The maximum atomic E-state index is 13.1. The number of aromatic amines is 1. The second-order valence-corrected chi connectivity index (χ2v) is 4.48. The largest absolute Gasteiger partial charge is 0.322 e. The number of hydrogen-bond acceptors (Lipinski definition) is 3. The summed E-state index contributed by atoms with van der Waals surface area (Å²) in [6, 6.07) is 6.28. The summed E-state index contributed by atoms with van der Waals surface area (Å²) < 4.78 is 13.1. The topological polar surface area (TPSA) is 70.7 Å². The summed E-state index contributed by atoms with van der Waals surface area (Å²) in [4.78, 5) is 15.6. The van der Waals surface area contributed by atoms with Gasteiger partial charge in [-0.25, -0.2) is 9.37 Å². The van der Waals surface area contributed by atoms with Gasteiger partial charge in [0.25, 0.3) is 5.91 Å². The molecule has 2 aromatic heterocycles. The number of carbonyl (C=O) groups excluding carboxylic acids is 1. The average molecular weight is 291 g/mol. The molecule has 0 aliphatic carbocycles. The van der Waals surface area contributed by atoms with E-state index in [1.54, 1.807) is 24.4 Å². The minimum absolute atomic E-state index is 0.0149. The van der Waals surface area contributed by atoms with E-state index < -0.39 is 11.7 Å². The van der Waals surface area contributed by atoms with E-state index in [0.29, 0.717) is 5.69 Å². The highest BCUT2D eigenvalue weighted by atomic mass is 35.5. The lowest BCUT2D eigenvalue weighted by Gasteiger charge is -2.06. The molecule has 20 heavy (non-hydrogen) atoms. The van der Waals surface area contributed by atoms with Gasteiger partial charge >= 0.3 is 0 Å². The molecule has 2 heterocycles. The van der Waals surface area contributed by atoms with E-state index in [-0.39, 0.29) is 10.7 Å². The van der Waals surface area contributed by atoms with Gasteiger partial charge in [0.1, 0.15) is 11.0 Å². The van der Waals surface area contributed by atoms with E-state index in [1.807, 2.05) is 0 Å². The van der Waals surface area contributed by atoms with E-state index in [2.05, 4.69) is 20.5 Å². The second kappa shape index (κ2) is 4.90. The zero-order chi connectivity index (χ0) is 14.1. The van der Waals surface area contributed by atoms with Crippen molar-refractivity contribution in [1.29, 1.82) is 0 Å². The van der Waals surface area contributed by atoms with Crippen LogP contribution < -0.4 is 5.32 Å². The predicted molar refractivity (Wildman–Crippen MR) is 73.3 cm³/mol. The van der Waals surface area contributed by atoms with Gasteiger partial charge in [-0.15, -0.1) is 0 Å². The summed E-state index contributed by atoms with van der Waals surface area (Å²) in [7, 11) is 0. The van der Waals surface area contributed by atoms with Crippen molar-refractivity contribution in [2.45, 2.75) is 0 Å². The third-order valence-electron chi connectivity index (χ3n) is 2.75. The molecule has 7 heteroatoms. The van der Waals surface area contributed by atoms with E-state index in [0.717, 1.165) is 23.2 Å². The lowest BCUT2D eigenvalue weighted by molar-refractivity contribution is 0.102. The average Bonchev–Trinajstić information content (AvgIpc) is 2.89. The van der Waals surface area contributed by atoms with Crippen LogP contribution in [0.1, 0.15) is 10.4 Å². The van der Waals surface area contributed by atoms with Gasteiger partial charge in [-0.1, -0.05) is 11.6 Å². The fourth-order valence-electron chi connectivity index (χ4n) is 1.80. The minimum Gasteiger partial charge on any atom is -0.322 e. The Labute approximate surface area is 117 Å². The zero-order valence-corrected chi connectivity index (χ0v) is 10.8. The standard InChI is InChI=1S/C13H8ClFN4O/c14-12-10(4-8(15)6-16-12)13(20)18-9-1-2-11-7(3-9)5-17-19-11/h1-6H,(H,17,19)(H,18,20). The van der Waals surface area contributed by atoms with Gasteiger partial charge in [-0.3, -0.25) is 9.89 Å². The number of fused-ring (bicyclic) bond motifs is 1. The molecule has 0 bridgehead atoms. The van der Waals surface area contributed by atoms with E-state index in [1.165, 1.54) is 0 Å². The van der Waals surface area contributed by atoms with Crippen LogP contribution in [-0.2, 0) is 0 Å². The van der Waals surface area contributed by atoms with Gasteiger partial charge in [-0.2, -0.15) is 5.10 Å². The molecule has 0 aliphatic rings. The summed E-state index contributed by atoms with van der Waals surface area (Å²) in [6.07, 6.45) is 2.60. The Hall–Kier alpha value is -2.47. The number of H-pyrrole nitrogens is 1. The highest BCUT2D eigenvalue weighted by Crippen LogP contribution is 2.19. The van der Waals surface area contributed by atoms with Crippen LogP contribution in [-0.4, -0.2) is 21.1 Å². The number of pyridine rings is 1. The van der Waals surface area contributed by atoms with Gasteiger partial charge in [0.2, 0.25) is 0 Å². The summed E-state index contributed by atoms with van der Waals surface area (Å²) >= 11 is 5.78. The number of carbonyl (C=O) groups is 1. The molecule has 0 saturated heterocycles. The SMILES string of the molecule is O=C(Nc1ccc2[nH]ncc2c1)c1cc(F)cnc1Cl. The number of amides is 1. The number of benzene rings is 1. The Kier molecular flexibility index (Phi) is 3.08. The van der Waals surface area contributed by atoms with Crippen LogP contribution in [0.5, 0.6) is 0 Å². The van der Waals surface area contributed by atoms with Crippen LogP contribution in [0.2, 0.25) is 5.15 Å². The number of anilines is 1. The quantitative estimate of drug-likeness (QED) is 0.713. The predicted octanol–water partition coefficient (Wildman–Crippen LogP) is 3.00. The summed E-state index contributed by atoms with van der Waals surface area (Å²) in [6.45, 7) is 0. The highest BCUT2D eigenvalue weighted by molar-refractivity contribution is 6.33. The molecular weight excluding hydrogens is 283 g/mol. The van der Waals surface area contributed by atoms with Crippen molar-refractivity contribution in [3.05, 3.63) is 53.2 Å². The number of nitrogens with zero attached hydrogens (tertiary/aromatic N) is 2. The summed E-state index contributed by atoms with van der Waals surface area (Å²) in [5, 5.41) is 10.1. The van der Waals surface area contributed by atoms with Gasteiger partial charge in [0.15, 0.2) is 0 Å². The molecule has 1 amide bonds. The molecule has 5 nitrogen and oxygen atoms in total. The van der Waals surface area contributed by atoms with Crippen LogP contribution in [0.25, 0.3) is 10.9 Å². The maximum Gasteiger partial charge on any atom is 0.258 e. The first-order chi connectivity index (χ1) is 9.63. The molecule has 0 radical (unpaired) electrons. The van der Waals surface area contributed by atoms with Crippen molar-refractivity contribution in [1.82, 2.24) is 15.2 Å². The number of rotatable bonds is 2. The molecule has 1 aromatic carbocycles. The number of nitrogens with one attached hydrogen (secondary N) is 2. The minimum atomic E-state index is -0.621. The first-order valence-corrected chi connectivity index (χ1v) is 6.07. The molecule has 2 N–H and O–H groups in total. The Morgan fingerprint density at radius 2 is 2.15 bits per heavy atom. The molecule has 0 unspecified atom stereocenters. The molecule has 0 saturated carbocycles. The molecule has 0 spiro atoms. The molecule has 0 aliphatic heterocycles. The van der Waals surface area contributed by atoms with Gasteiger partial charge < -0.3 is 5.32 Å². The van der Waals surface area contributed by atoms with Crippen molar-refractivity contribution in [3.63, 3.8) is 0 Å². The van der Waals surface area contributed by atoms with Gasteiger partial charge in [0, 0.05) is 11.1 Å². The summed E-state index contributed by atoms with van der Waals surface area (Å²) in [5.74, 6) is -1.14. The van der Waals surface area contributed by atoms with Crippen molar-refractivity contribution in [2.75, 3.05) is 5.32 Å². The normalized spacial score (nSPS) is 10.7. The third-order valence-corrected chi connectivity index (χ3v) is 3.05. The lowest BCUT2D eigenvalue weighted by atomic mass is 10.2. The second-order valence-electron chi connectivity index (χ2n) is 4.12. The van der Waals surface area contributed by atoms with Crippen LogP contribution in [0.3, 0.4) is 0 Å². The van der Waals surface area contributed by atoms with Crippen molar-refractivity contribution in [3.8, 4) is 0 Å². The Morgan fingerprint density at radius 3 is 3.00 bits per heavy atom. The Balaban J connectivity index is 1.89. The van der Waals surface area contributed by atoms with Crippen molar-refractivity contribution >= 4 is 34.1 Å². The first kappa shape index (κ1) is 12.6. The number of hydrogen-bond donors (Lipinski definition) is 2. The molecule has 0 fully saturated rings. The van der Waals surface area contributed by atoms with Gasteiger partial charge in [0.05, 0.1) is 23.5 Å². The van der Waals surface area contributed by atoms with Gasteiger partial charge in [-0.05, 0) is 24.3 Å². The highest BCUT2D eigenvalue weighted by Gasteiger charge is 2.13. The van der Waals surface area contributed by atoms with Crippen LogP contribution in [0.4, 0.5) is 10.1 Å². The smallest absolute Gasteiger partial charge is 0.258 e. The van der Waals surface area contributed by atoms with Crippen LogP contribution in [0, 0.1) is 5.82 Å². The monoisotopic (exact) mass is 290 g/mol. The first-order valence-electron chi connectivity index (χ1n) is 5.69. The van der Waals surface area contributed by atoms with Crippen molar-refractivity contribution in [2.24, 2.45) is 0 Å². The Morgan fingerprint density at radius 1 is 1.30 bits per heavy atom. The lowest BCUT2D eigenvalue weighted by Crippen LogP contribution is -2.13. The molecular formula is C13H8ClFN4O. The summed E-state index contributed by atoms with van der Waals surface area (Å²) in [5.41, 5.74) is 1.40. The molecule has 3 aromatic rings. The number of aromatic nitrogens is 3. The van der Waals surface area contributed by atoms with E-state index in [4.69, 9.17) is 11.6 Å². The maximum absolute atomic E-state index is 13.1. The van der Waals surface area contributed by atoms with Crippen LogP contribution >= 0.6 is 11.6 Å². The van der Waals surface area contributed by atoms with E-state index in [9.17, 15) is 9.18 Å². The zero-order valence-electron chi connectivity index (χ0n) is 10.0. The number of halogens is 2. The van der Waals surface area contributed by atoms with Crippen molar-refractivity contribution < 1.29 is 9.18 Å². The fraction of sp³-hybridized carbons (Fsp3) is 0. The van der Waals surface area contributed by atoms with E-state index >= 15 is 0 Å².